The Labute approximate surface area is 124 Å². The smallest absolute Gasteiger partial charge is 0.443 e. The minimum absolute atomic E-state index is 0.190. The molecule has 7 heteroatoms. The van der Waals surface area contributed by atoms with Crippen molar-refractivity contribution in [2.75, 3.05) is 6.61 Å². The molecule has 1 heterocycles. The van der Waals surface area contributed by atoms with E-state index in [0.29, 0.717) is 17.1 Å². The van der Waals surface area contributed by atoms with Crippen LogP contribution in [-0.4, -0.2) is 16.7 Å². The molecule has 1 aromatic carbocycles. The lowest BCUT2D eigenvalue weighted by Gasteiger charge is -2.10. The second-order valence-electron chi connectivity index (χ2n) is 4.53. The Morgan fingerprint density at radius 1 is 1.38 bits per heavy atom. The molecule has 0 bridgehead atoms. The van der Waals surface area contributed by atoms with Crippen LogP contribution in [0.3, 0.4) is 0 Å². The van der Waals surface area contributed by atoms with Crippen molar-refractivity contribution >= 4 is 11.3 Å². The summed E-state index contributed by atoms with van der Waals surface area (Å²) < 4.78 is 42.7. The van der Waals surface area contributed by atoms with E-state index in [4.69, 9.17) is 4.74 Å². The van der Waals surface area contributed by atoms with Crippen LogP contribution >= 0.6 is 11.3 Å². The van der Waals surface area contributed by atoms with E-state index < -0.39 is 17.3 Å². The standard InChI is InChI=1S/C14H14F3NO2S/c1-9-3-2-4-10(7-9)20-6-5-11(19)12-8-18-13(21-12)14(15,16)17/h2-4,7-8,11,19H,5-6H2,1H3. The number of nitrogens with zero attached hydrogens (tertiary/aromatic N) is 1. The largest absolute Gasteiger partial charge is 0.493 e. The van der Waals surface area contributed by atoms with Gasteiger partial charge in [0, 0.05) is 12.6 Å². The average molecular weight is 317 g/mol. The first-order valence-electron chi connectivity index (χ1n) is 6.26. The summed E-state index contributed by atoms with van der Waals surface area (Å²) in [6.07, 6.45) is -4.22. The van der Waals surface area contributed by atoms with Crippen molar-refractivity contribution in [2.45, 2.75) is 25.6 Å². The van der Waals surface area contributed by atoms with Gasteiger partial charge in [0.25, 0.3) is 0 Å². The monoisotopic (exact) mass is 317 g/mol. The van der Waals surface area contributed by atoms with Gasteiger partial charge in [-0.3, -0.25) is 0 Å². The highest BCUT2D eigenvalue weighted by atomic mass is 32.1. The third kappa shape index (κ3) is 4.44. The van der Waals surface area contributed by atoms with Gasteiger partial charge in [0.2, 0.25) is 0 Å². The van der Waals surface area contributed by atoms with Crippen molar-refractivity contribution in [3.8, 4) is 5.75 Å². The summed E-state index contributed by atoms with van der Waals surface area (Å²) in [5.74, 6) is 0.669. The van der Waals surface area contributed by atoms with E-state index in [1.54, 1.807) is 6.07 Å². The van der Waals surface area contributed by atoms with Gasteiger partial charge in [0.05, 0.1) is 17.6 Å². The fraction of sp³-hybridized carbons (Fsp3) is 0.357. The Morgan fingerprint density at radius 2 is 2.14 bits per heavy atom. The highest BCUT2D eigenvalue weighted by Gasteiger charge is 2.35. The molecule has 0 aliphatic carbocycles. The van der Waals surface area contributed by atoms with E-state index in [1.807, 2.05) is 25.1 Å². The second-order valence-corrected chi connectivity index (χ2v) is 5.60. The molecule has 21 heavy (non-hydrogen) atoms. The molecule has 0 saturated carbocycles. The molecular weight excluding hydrogens is 303 g/mol. The molecule has 0 saturated heterocycles. The molecule has 1 unspecified atom stereocenters. The molecule has 0 aliphatic heterocycles. The summed E-state index contributed by atoms with van der Waals surface area (Å²) >= 11 is 0.455. The Kier molecular flexibility index (Phi) is 4.84. The Hall–Kier alpha value is -1.60. The second kappa shape index (κ2) is 6.44. The van der Waals surface area contributed by atoms with E-state index in [1.165, 1.54) is 0 Å². The molecule has 0 spiro atoms. The van der Waals surface area contributed by atoms with Crippen LogP contribution in [0.2, 0.25) is 0 Å². The Balaban J connectivity index is 1.87. The maximum atomic E-state index is 12.4. The van der Waals surface area contributed by atoms with Gasteiger partial charge in [-0.2, -0.15) is 13.2 Å². The van der Waals surface area contributed by atoms with Gasteiger partial charge in [-0.05, 0) is 24.6 Å². The van der Waals surface area contributed by atoms with Crippen molar-refractivity contribution in [3.05, 3.63) is 45.9 Å². The summed E-state index contributed by atoms with van der Waals surface area (Å²) in [6, 6.07) is 7.41. The number of rotatable bonds is 5. The van der Waals surface area contributed by atoms with E-state index in [9.17, 15) is 18.3 Å². The summed E-state index contributed by atoms with van der Waals surface area (Å²) in [5, 5.41) is 8.91. The van der Waals surface area contributed by atoms with Crippen LogP contribution in [0.15, 0.2) is 30.5 Å². The molecule has 114 valence electrons. The van der Waals surface area contributed by atoms with Crippen LogP contribution < -0.4 is 4.74 Å². The Morgan fingerprint density at radius 3 is 2.76 bits per heavy atom. The number of halogens is 3. The van der Waals surface area contributed by atoms with Crippen LogP contribution in [0.4, 0.5) is 13.2 Å². The van der Waals surface area contributed by atoms with Gasteiger partial charge in [-0.15, -0.1) is 11.3 Å². The zero-order valence-corrected chi connectivity index (χ0v) is 12.0. The van der Waals surface area contributed by atoms with Gasteiger partial charge in [0.15, 0.2) is 5.01 Å². The number of aliphatic hydroxyl groups is 1. The van der Waals surface area contributed by atoms with Crippen molar-refractivity contribution in [1.82, 2.24) is 4.98 Å². The normalized spacial score (nSPS) is 13.2. The first kappa shape index (κ1) is 15.8. The molecule has 1 aromatic heterocycles. The summed E-state index contributed by atoms with van der Waals surface area (Å²) in [4.78, 5) is 3.47. The third-order valence-corrected chi connectivity index (χ3v) is 3.89. The van der Waals surface area contributed by atoms with E-state index >= 15 is 0 Å². The van der Waals surface area contributed by atoms with Crippen LogP contribution in [0.5, 0.6) is 5.75 Å². The number of hydrogen-bond donors (Lipinski definition) is 1. The Bertz CT molecular complexity index is 598. The number of ether oxygens (including phenoxy) is 1. The maximum Gasteiger partial charge on any atom is 0.443 e. The summed E-state index contributed by atoms with van der Waals surface area (Å²) in [6.45, 7) is 2.14. The predicted octanol–water partition coefficient (Wildman–Crippen LogP) is 3.97. The van der Waals surface area contributed by atoms with E-state index in [0.717, 1.165) is 11.8 Å². The highest BCUT2D eigenvalue weighted by molar-refractivity contribution is 7.11. The number of aryl methyl sites for hydroxylation is 1. The molecule has 0 radical (unpaired) electrons. The average Bonchev–Trinajstić information content (AvgIpc) is 2.88. The van der Waals surface area contributed by atoms with Gasteiger partial charge < -0.3 is 9.84 Å². The van der Waals surface area contributed by atoms with Crippen molar-refractivity contribution in [1.29, 1.82) is 0 Å². The predicted molar refractivity (Wildman–Crippen MR) is 73.4 cm³/mol. The van der Waals surface area contributed by atoms with E-state index in [2.05, 4.69) is 4.98 Å². The molecule has 2 rings (SSSR count). The first-order valence-corrected chi connectivity index (χ1v) is 7.08. The summed E-state index contributed by atoms with van der Waals surface area (Å²) in [5.41, 5.74) is 1.05. The van der Waals surface area contributed by atoms with Crippen LogP contribution in [0.25, 0.3) is 0 Å². The van der Waals surface area contributed by atoms with E-state index in [-0.39, 0.29) is 17.9 Å². The lowest BCUT2D eigenvalue weighted by Crippen LogP contribution is -2.04. The lowest BCUT2D eigenvalue weighted by molar-refractivity contribution is -0.137. The molecule has 1 atom stereocenters. The molecule has 3 nitrogen and oxygen atoms in total. The molecule has 2 aromatic rings. The molecule has 1 N–H and O–H groups in total. The minimum Gasteiger partial charge on any atom is -0.493 e. The number of thiazole rings is 1. The van der Waals surface area contributed by atoms with Crippen molar-refractivity contribution in [2.24, 2.45) is 0 Å². The van der Waals surface area contributed by atoms with Crippen molar-refractivity contribution < 1.29 is 23.0 Å². The van der Waals surface area contributed by atoms with Crippen LogP contribution in [0, 0.1) is 6.92 Å². The van der Waals surface area contributed by atoms with Gasteiger partial charge in [-0.25, -0.2) is 4.98 Å². The summed E-state index contributed by atoms with van der Waals surface area (Å²) in [7, 11) is 0. The van der Waals surface area contributed by atoms with Gasteiger partial charge >= 0.3 is 6.18 Å². The maximum absolute atomic E-state index is 12.4. The molecular formula is C14H14F3NO2S. The minimum atomic E-state index is -4.47. The van der Waals surface area contributed by atoms with Gasteiger partial charge in [0.1, 0.15) is 5.75 Å². The zero-order chi connectivity index (χ0) is 15.5. The molecule has 0 aliphatic rings. The highest BCUT2D eigenvalue weighted by Crippen LogP contribution is 2.34. The van der Waals surface area contributed by atoms with Crippen LogP contribution in [0.1, 0.15) is 28.0 Å². The zero-order valence-electron chi connectivity index (χ0n) is 11.2. The quantitative estimate of drug-likeness (QED) is 0.907. The fourth-order valence-electron chi connectivity index (χ4n) is 1.71. The number of alkyl halides is 3. The lowest BCUT2D eigenvalue weighted by atomic mass is 10.2. The number of aliphatic hydroxyl groups excluding tert-OH is 1. The SMILES string of the molecule is Cc1cccc(OCCC(O)c2cnc(C(F)(F)F)s2)c1. The van der Waals surface area contributed by atoms with Gasteiger partial charge in [-0.1, -0.05) is 12.1 Å². The third-order valence-electron chi connectivity index (χ3n) is 2.74. The van der Waals surface area contributed by atoms with Crippen molar-refractivity contribution in [3.63, 3.8) is 0 Å². The number of benzene rings is 1. The molecule has 0 fully saturated rings. The first-order chi connectivity index (χ1) is 9.86. The van der Waals surface area contributed by atoms with Crippen LogP contribution in [-0.2, 0) is 6.18 Å². The topological polar surface area (TPSA) is 42.4 Å². The number of hydrogen-bond acceptors (Lipinski definition) is 4. The molecule has 0 amide bonds. The number of aromatic nitrogens is 1. The fourth-order valence-corrected chi connectivity index (χ4v) is 2.51.